The largest absolute Gasteiger partial charge is 0.416 e. The molecular weight excluding hydrogens is 323 g/mol. The number of hydrogen-bond donors (Lipinski definition) is 2. The number of benzene rings is 1. The number of β-amino-alcohol motifs (C(OH)–C–C–N with tert-alkyl or cyclic N) is 1. The number of rotatable bonds is 2. The monoisotopic (exact) mass is 336 g/mol. The summed E-state index contributed by atoms with van der Waals surface area (Å²) in [5, 5.41) is 11.6. The first-order chi connectivity index (χ1) is 10.6. The van der Waals surface area contributed by atoms with E-state index in [0.717, 1.165) is 6.07 Å². The van der Waals surface area contributed by atoms with Crippen LogP contribution in [0.15, 0.2) is 12.1 Å². The van der Waals surface area contributed by atoms with Gasteiger partial charge in [-0.3, -0.25) is 9.69 Å². The number of aliphatic hydroxyl groups is 1. The molecule has 2 aliphatic heterocycles. The van der Waals surface area contributed by atoms with E-state index in [4.69, 9.17) is 0 Å². The van der Waals surface area contributed by atoms with Crippen LogP contribution in [0.3, 0.4) is 0 Å². The van der Waals surface area contributed by atoms with Crippen molar-refractivity contribution in [1.29, 1.82) is 0 Å². The molecule has 3 rings (SSSR count). The van der Waals surface area contributed by atoms with E-state index in [2.05, 4.69) is 5.32 Å². The summed E-state index contributed by atoms with van der Waals surface area (Å²) in [5.41, 5.74) is -1.03. The molecule has 2 aliphatic rings. The molecule has 1 amide bonds. The van der Waals surface area contributed by atoms with E-state index in [-0.39, 0.29) is 36.3 Å². The number of fused-ring (bicyclic) bond motifs is 1. The predicted molar refractivity (Wildman–Crippen MR) is 68.8 cm³/mol. The zero-order chi connectivity index (χ0) is 17.0. The van der Waals surface area contributed by atoms with Crippen LogP contribution in [0.1, 0.15) is 27.0 Å². The van der Waals surface area contributed by atoms with Crippen molar-refractivity contribution in [3.8, 4) is 0 Å². The molecule has 0 aromatic heterocycles. The van der Waals surface area contributed by atoms with Gasteiger partial charge in [0.05, 0.1) is 12.1 Å². The Kier molecular flexibility index (Phi) is 3.60. The molecule has 0 aliphatic carbocycles. The van der Waals surface area contributed by atoms with Crippen LogP contribution >= 0.6 is 0 Å². The molecule has 1 unspecified atom stereocenters. The van der Waals surface area contributed by atoms with E-state index < -0.39 is 36.2 Å². The Hall–Kier alpha value is -1.74. The number of carbonyl (C=O) groups is 1. The molecule has 1 saturated heterocycles. The minimum atomic E-state index is -4.64. The number of nitrogens with zero attached hydrogens (tertiary/aromatic N) is 1. The van der Waals surface area contributed by atoms with Crippen molar-refractivity contribution in [1.82, 2.24) is 10.2 Å². The fraction of sp³-hybridized carbons (Fsp3) is 0.500. The third kappa shape index (κ3) is 2.90. The Morgan fingerprint density at radius 1 is 1.35 bits per heavy atom. The van der Waals surface area contributed by atoms with Gasteiger partial charge >= 0.3 is 6.18 Å². The summed E-state index contributed by atoms with van der Waals surface area (Å²) < 4.78 is 66.0. The van der Waals surface area contributed by atoms with Gasteiger partial charge in [0.2, 0.25) is 0 Å². The smallest absolute Gasteiger partial charge is 0.385 e. The van der Waals surface area contributed by atoms with Gasteiger partial charge in [0, 0.05) is 25.2 Å². The molecule has 126 valence electrons. The van der Waals surface area contributed by atoms with Crippen molar-refractivity contribution >= 4 is 5.91 Å². The van der Waals surface area contributed by atoms with Crippen molar-refractivity contribution in [2.24, 2.45) is 0 Å². The molecule has 1 aromatic carbocycles. The van der Waals surface area contributed by atoms with E-state index in [1.165, 1.54) is 11.0 Å². The average molecular weight is 336 g/mol. The maximum atomic E-state index is 13.3. The maximum Gasteiger partial charge on any atom is 0.416 e. The van der Waals surface area contributed by atoms with Crippen molar-refractivity contribution in [2.75, 3.05) is 13.1 Å². The first kappa shape index (κ1) is 16.1. The first-order valence-corrected chi connectivity index (χ1v) is 6.87. The molecule has 0 saturated carbocycles. The highest BCUT2D eigenvalue weighted by atomic mass is 19.4. The Morgan fingerprint density at radius 3 is 2.61 bits per heavy atom. The van der Waals surface area contributed by atoms with E-state index in [1.54, 1.807) is 0 Å². The second-order valence-corrected chi connectivity index (χ2v) is 5.80. The predicted octanol–water partition coefficient (Wildman–Crippen LogP) is 1.76. The number of amides is 1. The third-order valence-corrected chi connectivity index (χ3v) is 4.04. The third-order valence-electron chi connectivity index (χ3n) is 4.04. The lowest BCUT2D eigenvalue weighted by molar-refractivity contribution is -0.138. The van der Waals surface area contributed by atoms with E-state index in [0.29, 0.717) is 0 Å². The van der Waals surface area contributed by atoms with Crippen LogP contribution in [0.4, 0.5) is 22.0 Å². The van der Waals surface area contributed by atoms with Gasteiger partial charge in [0.15, 0.2) is 0 Å². The number of alkyl halides is 5. The number of likely N-dealkylation sites (tertiary alicyclic amines) is 1. The standard InChI is InChI=1S/C14H13F5N2O2/c15-13(16)6-21(5-11(13)22)4-7-1-8-9(3-20-12(8)23)10(2-7)14(17,18)19/h1-2,11,22H,3-6H2,(H,20,23). The zero-order valence-corrected chi connectivity index (χ0v) is 11.8. The van der Waals surface area contributed by atoms with Crippen LogP contribution in [0, 0.1) is 0 Å². The first-order valence-electron chi connectivity index (χ1n) is 6.87. The summed E-state index contributed by atoms with van der Waals surface area (Å²) in [5.74, 6) is -3.90. The Morgan fingerprint density at radius 2 is 2.04 bits per heavy atom. The van der Waals surface area contributed by atoms with Crippen LogP contribution in [0.25, 0.3) is 0 Å². The molecule has 0 radical (unpaired) electrons. The second-order valence-electron chi connectivity index (χ2n) is 5.80. The number of carbonyl (C=O) groups excluding carboxylic acids is 1. The van der Waals surface area contributed by atoms with Crippen molar-refractivity contribution in [2.45, 2.75) is 31.3 Å². The Bertz CT molecular complexity index is 659. The molecule has 23 heavy (non-hydrogen) atoms. The summed E-state index contributed by atoms with van der Waals surface area (Å²) >= 11 is 0. The Labute approximate surface area is 127 Å². The summed E-state index contributed by atoms with van der Waals surface area (Å²) in [4.78, 5) is 12.8. The topological polar surface area (TPSA) is 52.6 Å². The van der Waals surface area contributed by atoms with E-state index in [9.17, 15) is 31.9 Å². The SMILES string of the molecule is O=C1NCc2c1cc(CN1CC(O)C(F)(F)C1)cc2C(F)(F)F. The number of hydrogen-bond acceptors (Lipinski definition) is 3. The fourth-order valence-corrected chi connectivity index (χ4v) is 2.96. The lowest BCUT2D eigenvalue weighted by Gasteiger charge is -2.18. The molecule has 1 aromatic rings. The Balaban J connectivity index is 1.92. The molecule has 4 nitrogen and oxygen atoms in total. The zero-order valence-electron chi connectivity index (χ0n) is 11.8. The summed E-state index contributed by atoms with van der Waals surface area (Å²) in [6, 6.07) is 2.16. The van der Waals surface area contributed by atoms with E-state index >= 15 is 0 Å². The van der Waals surface area contributed by atoms with Gasteiger partial charge < -0.3 is 10.4 Å². The second kappa shape index (κ2) is 5.13. The maximum absolute atomic E-state index is 13.3. The van der Waals surface area contributed by atoms with Gasteiger partial charge in [-0.2, -0.15) is 13.2 Å². The molecule has 1 fully saturated rings. The molecule has 2 heterocycles. The average Bonchev–Trinajstić information content (AvgIpc) is 2.89. The molecule has 2 N–H and O–H groups in total. The molecule has 0 bridgehead atoms. The number of halogens is 5. The summed E-state index contributed by atoms with van der Waals surface area (Å²) in [6.07, 6.45) is -6.48. The normalized spacial score (nSPS) is 23.9. The van der Waals surface area contributed by atoms with Gasteiger partial charge in [0.25, 0.3) is 11.8 Å². The summed E-state index contributed by atoms with van der Waals surface area (Å²) in [6.45, 7) is -1.48. The van der Waals surface area contributed by atoms with Crippen molar-refractivity contribution in [3.63, 3.8) is 0 Å². The van der Waals surface area contributed by atoms with E-state index in [1.807, 2.05) is 0 Å². The summed E-state index contributed by atoms with van der Waals surface area (Å²) in [7, 11) is 0. The molecule has 1 atom stereocenters. The van der Waals surface area contributed by atoms with Gasteiger partial charge in [-0.25, -0.2) is 8.78 Å². The highest BCUT2D eigenvalue weighted by molar-refractivity contribution is 5.99. The fourth-order valence-electron chi connectivity index (χ4n) is 2.96. The van der Waals surface area contributed by atoms with Crippen LogP contribution < -0.4 is 5.32 Å². The molecule has 9 heteroatoms. The van der Waals surface area contributed by atoms with Gasteiger partial charge in [-0.05, 0) is 23.3 Å². The minimum absolute atomic E-state index is 0.0821. The number of aliphatic hydroxyl groups excluding tert-OH is 1. The highest BCUT2D eigenvalue weighted by Crippen LogP contribution is 2.37. The van der Waals surface area contributed by atoms with Crippen LogP contribution in [-0.4, -0.2) is 41.0 Å². The molecule has 0 spiro atoms. The minimum Gasteiger partial charge on any atom is -0.385 e. The van der Waals surface area contributed by atoms with Crippen molar-refractivity contribution in [3.05, 3.63) is 34.4 Å². The quantitative estimate of drug-likeness (QED) is 0.810. The van der Waals surface area contributed by atoms with Crippen molar-refractivity contribution < 1.29 is 31.9 Å². The number of nitrogens with one attached hydrogen (secondary N) is 1. The van der Waals surface area contributed by atoms with Gasteiger partial charge in [-0.1, -0.05) is 0 Å². The van der Waals surface area contributed by atoms with Crippen LogP contribution in [0.2, 0.25) is 0 Å². The highest BCUT2D eigenvalue weighted by Gasteiger charge is 2.47. The lowest BCUT2D eigenvalue weighted by atomic mass is 9.98. The lowest BCUT2D eigenvalue weighted by Crippen LogP contribution is -2.31. The van der Waals surface area contributed by atoms with Gasteiger partial charge in [-0.15, -0.1) is 0 Å². The molecular formula is C14H13F5N2O2. The van der Waals surface area contributed by atoms with Gasteiger partial charge in [0.1, 0.15) is 6.10 Å². The van der Waals surface area contributed by atoms with Crippen LogP contribution in [0.5, 0.6) is 0 Å². The van der Waals surface area contributed by atoms with Crippen LogP contribution in [-0.2, 0) is 19.3 Å².